The predicted octanol–water partition coefficient (Wildman–Crippen LogP) is 1.49. The number of nitrogens with zero attached hydrogens (tertiary/aromatic N) is 1. The fraction of sp³-hybridized carbons (Fsp3) is 0.286. The molecule has 2 aromatic carbocycles. The van der Waals surface area contributed by atoms with Crippen LogP contribution in [0.4, 0.5) is 0 Å². The van der Waals surface area contributed by atoms with Crippen molar-refractivity contribution in [2.24, 2.45) is 5.73 Å². The molecule has 0 spiro atoms. The Balaban J connectivity index is 1.66. The molecule has 27 heavy (non-hydrogen) atoms. The van der Waals surface area contributed by atoms with Crippen LogP contribution in [-0.4, -0.2) is 41.8 Å². The summed E-state index contributed by atoms with van der Waals surface area (Å²) in [6.07, 6.45) is 2.36. The topological polar surface area (TPSA) is 92.5 Å². The van der Waals surface area contributed by atoms with Crippen LogP contribution in [0.1, 0.15) is 18.4 Å². The van der Waals surface area contributed by atoms with Gasteiger partial charge in [0, 0.05) is 13.0 Å². The number of carbonyl (C=O) groups excluding carboxylic acids is 3. The Morgan fingerprint density at radius 2 is 1.78 bits per heavy atom. The molecule has 0 bridgehead atoms. The molecule has 0 aromatic heterocycles. The summed E-state index contributed by atoms with van der Waals surface area (Å²) in [6.45, 7) is 0.559. The maximum absolute atomic E-state index is 12.4. The van der Waals surface area contributed by atoms with E-state index in [9.17, 15) is 14.4 Å². The molecule has 1 heterocycles. The van der Waals surface area contributed by atoms with E-state index in [2.05, 4.69) is 5.32 Å². The highest BCUT2D eigenvalue weighted by atomic mass is 16.2. The van der Waals surface area contributed by atoms with Crippen LogP contribution in [0.25, 0.3) is 11.1 Å². The third-order valence-corrected chi connectivity index (χ3v) is 4.89. The van der Waals surface area contributed by atoms with E-state index in [1.54, 1.807) is 0 Å². The van der Waals surface area contributed by atoms with Gasteiger partial charge in [0.05, 0.1) is 0 Å². The molecule has 3 N–H and O–H groups in total. The first kappa shape index (κ1) is 18.6. The van der Waals surface area contributed by atoms with E-state index < -0.39 is 18.0 Å². The van der Waals surface area contributed by atoms with Gasteiger partial charge in [0.1, 0.15) is 12.1 Å². The average molecular weight is 365 g/mol. The molecule has 1 saturated heterocycles. The number of likely N-dealkylation sites (tertiary alicyclic amines) is 1. The standard InChI is InChI=1S/C21H23N3O3/c22-20(26)18(23-21(27)19-7-4-12-24(19)14-25)13-15-8-10-17(11-9-15)16-5-2-1-3-6-16/h1-3,5-6,8-11,14,18-19H,4,7,12-13H2,(H2,22,26)(H,23,27). The lowest BCUT2D eigenvalue weighted by molar-refractivity contribution is -0.133. The second kappa shape index (κ2) is 8.49. The van der Waals surface area contributed by atoms with Crippen molar-refractivity contribution in [3.8, 4) is 11.1 Å². The molecule has 0 aliphatic carbocycles. The molecule has 3 rings (SSSR count). The quantitative estimate of drug-likeness (QED) is 0.728. The third-order valence-electron chi connectivity index (χ3n) is 4.89. The summed E-state index contributed by atoms with van der Waals surface area (Å²) < 4.78 is 0. The molecule has 140 valence electrons. The fourth-order valence-corrected chi connectivity index (χ4v) is 3.39. The minimum absolute atomic E-state index is 0.309. The first-order valence-electron chi connectivity index (χ1n) is 9.03. The molecule has 1 aliphatic heterocycles. The molecular formula is C21H23N3O3. The highest BCUT2D eigenvalue weighted by Gasteiger charge is 2.31. The number of benzene rings is 2. The van der Waals surface area contributed by atoms with E-state index in [0.717, 1.165) is 23.1 Å². The number of primary amides is 1. The van der Waals surface area contributed by atoms with Crippen molar-refractivity contribution in [3.05, 3.63) is 60.2 Å². The Morgan fingerprint density at radius 3 is 2.41 bits per heavy atom. The fourth-order valence-electron chi connectivity index (χ4n) is 3.39. The maximum Gasteiger partial charge on any atom is 0.243 e. The minimum atomic E-state index is -0.811. The van der Waals surface area contributed by atoms with E-state index in [0.29, 0.717) is 25.8 Å². The van der Waals surface area contributed by atoms with Gasteiger partial charge in [-0.2, -0.15) is 0 Å². The van der Waals surface area contributed by atoms with Crippen LogP contribution in [0.3, 0.4) is 0 Å². The smallest absolute Gasteiger partial charge is 0.243 e. The van der Waals surface area contributed by atoms with Crippen LogP contribution in [-0.2, 0) is 20.8 Å². The van der Waals surface area contributed by atoms with Crippen LogP contribution in [0.5, 0.6) is 0 Å². The third kappa shape index (κ3) is 4.53. The Morgan fingerprint density at radius 1 is 1.11 bits per heavy atom. The van der Waals surface area contributed by atoms with E-state index in [1.165, 1.54) is 4.90 Å². The van der Waals surface area contributed by atoms with E-state index >= 15 is 0 Å². The number of rotatable bonds is 7. The SMILES string of the molecule is NC(=O)C(Cc1ccc(-c2ccccc2)cc1)NC(=O)C1CCCN1C=O. The summed E-state index contributed by atoms with van der Waals surface area (Å²) >= 11 is 0. The van der Waals surface area contributed by atoms with Crippen LogP contribution in [0.15, 0.2) is 54.6 Å². The highest BCUT2D eigenvalue weighted by Crippen LogP contribution is 2.20. The molecule has 0 radical (unpaired) electrons. The minimum Gasteiger partial charge on any atom is -0.368 e. The normalized spacial score (nSPS) is 17.3. The predicted molar refractivity (Wildman–Crippen MR) is 102 cm³/mol. The Kier molecular flexibility index (Phi) is 5.86. The summed E-state index contributed by atoms with van der Waals surface area (Å²) in [4.78, 5) is 36.8. The molecule has 1 fully saturated rings. The van der Waals surface area contributed by atoms with Crippen molar-refractivity contribution < 1.29 is 14.4 Å². The lowest BCUT2D eigenvalue weighted by atomic mass is 10.00. The zero-order valence-corrected chi connectivity index (χ0v) is 15.0. The van der Waals surface area contributed by atoms with Gasteiger partial charge in [-0.05, 0) is 29.5 Å². The van der Waals surface area contributed by atoms with Crippen LogP contribution < -0.4 is 11.1 Å². The summed E-state index contributed by atoms with van der Waals surface area (Å²) in [6, 6.07) is 16.5. The Hall–Kier alpha value is -3.15. The van der Waals surface area contributed by atoms with Gasteiger partial charge in [-0.25, -0.2) is 0 Å². The van der Waals surface area contributed by atoms with Gasteiger partial charge >= 0.3 is 0 Å². The number of nitrogens with two attached hydrogens (primary N) is 1. The number of nitrogens with one attached hydrogen (secondary N) is 1. The van der Waals surface area contributed by atoms with Crippen molar-refractivity contribution in [3.63, 3.8) is 0 Å². The number of carbonyl (C=O) groups is 3. The van der Waals surface area contributed by atoms with Crippen molar-refractivity contribution >= 4 is 18.2 Å². The first-order valence-corrected chi connectivity index (χ1v) is 9.03. The van der Waals surface area contributed by atoms with E-state index in [1.807, 2.05) is 54.6 Å². The summed E-state index contributed by atoms with van der Waals surface area (Å²) in [5.41, 5.74) is 8.57. The summed E-state index contributed by atoms with van der Waals surface area (Å²) in [7, 11) is 0. The average Bonchev–Trinajstić information content (AvgIpc) is 3.17. The van der Waals surface area contributed by atoms with Gasteiger partial charge in [-0.3, -0.25) is 14.4 Å². The van der Waals surface area contributed by atoms with Gasteiger partial charge in [-0.15, -0.1) is 0 Å². The Bertz CT molecular complexity index is 805. The van der Waals surface area contributed by atoms with E-state index in [-0.39, 0.29) is 5.91 Å². The molecular weight excluding hydrogens is 342 g/mol. The zero-order chi connectivity index (χ0) is 19.2. The van der Waals surface area contributed by atoms with Gasteiger partial charge in [0.15, 0.2) is 0 Å². The second-order valence-corrected chi connectivity index (χ2v) is 6.73. The van der Waals surface area contributed by atoms with Crippen LogP contribution in [0.2, 0.25) is 0 Å². The highest BCUT2D eigenvalue weighted by molar-refractivity contribution is 5.90. The van der Waals surface area contributed by atoms with Crippen LogP contribution in [0, 0.1) is 0 Å². The first-order chi connectivity index (χ1) is 13.1. The molecule has 2 atom stereocenters. The lowest BCUT2D eigenvalue weighted by Crippen LogP contribution is -2.51. The number of amides is 3. The molecule has 6 heteroatoms. The van der Waals surface area contributed by atoms with Gasteiger partial charge in [0.25, 0.3) is 0 Å². The van der Waals surface area contributed by atoms with Gasteiger partial charge in [0.2, 0.25) is 18.2 Å². The van der Waals surface area contributed by atoms with Crippen molar-refractivity contribution in [1.29, 1.82) is 0 Å². The monoisotopic (exact) mass is 365 g/mol. The molecule has 2 aromatic rings. The zero-order valence-electron chi connectivity index (χ0n) is 15.0. The molecule has 2 unspecified atom stereocenters. The maximum atomic E-state index is 12.4. The molecule has 6 nitrogen and oxygen atoms in total. The van der Waals surface area contributed by atoms with Crippen LogP contribution >= 0.6 is 0 Å². The Labute approximate surface area is 158 Å². The molecule has 0 saturated carbocycles. The summed E-state index contributed by atoms with van der Waals surface area (Å²) in [5.74, 6) is -0.921. The lowest BCUT2D eigenvalue weighted by Gasteiger charge is -2.22. The number of hydrogen-bond donors (Lipinski definition) is 2. The van der Waals surface area contributed by atoms with E-state index in [4.69, 9.17) is 5.73 Å². The molecule has 3 amide bonds. The number of hydrogen-bond acceptors (Lipinski definition) is 3. The summed E-state index contributed by atoms with van der Waals surface area (Å²) in [5, 5.41) is 2.70. The largest absolute Gasteiger partial charge is 0.368 e. The van der Waals surface area contributed by atoms with Crippen molar-refractivity contribution in [1.82, 2.24) is 10.2 Å². The van der Waals surface area contributed by atoms with Gasteiger partial charge < -0.3 is 16.0 Å². The van der Waals surface area contributed by atoms with Crippen molar-refractivity contribution in [2.75, 3.05) is 6.54 Å². The molecule has 1 aliphatic rings. The second-order valence-electron chi connectivity index (χ2n) is 6.73. The van der Waals surface area contributed by atoms with Gasteiger partial charge in [-0.1, -0.05) is 54.6 Å². The van der Waals surface area contributed by atoms with Crippen molar-refractivity contribution in [2.45, 2.75) is 31.3 Å².